The maximum absolute atomic E-state index is 6.26. The van der Waals surface area contributed by atoms with E-state index in [9.17, 15) is 0 Å². The predicted molar refractivity (Wildman–Crippen MR) is 75.3 cm³/mol. The standard InChI is InChI=1S/C12H17ClN4S/c1-4-5-17-12(9(13)6-15-17)11(14-3)10-7-18-8(2)16-10/h6-7,11,14H,4-5H2,1-3H3. The van der Waals surface area contributed by atoms with Gasteiger partial charge in [0.25, 0.3) is 0 Å². The first-order valence-electron chi connectivity index (χ1n) is 5.97. The summed E-state index contributed by atoms with van der Waals surface area (Å²) >= 11 is 7.91. The molecule has 0 aromatic carbocycles. The first kappa shape index (κ1) is 13.5. The van der Waals surface area contributed by atoms with Crippen molar-refractivity contribution in [3.05, 3.63) is 33.0 Å². The number of hydrogen-bond donors (Lipinski definition) is 1. The van der Waals surface area contributed by atoms with Crippen molar-refractivity contribution in [3.63, 3.8) is 0 Å². The second-order valence-electron chi connectivity index (χ2n) is 4.11. The van der Waals surface area contributed by atoms with Crippen LogP contribution in [0.2, 0.25) is 5.02 Å². The summed E-state index contributed by atoms with van der Waals surface area (Å²) in [6.45, 7) is 5.00. The highest BCUT2D eigenvalue weighted by molar-refractivity contribution is 7.09. The molecule has 2 aromatic rings. The fourth-order valence-electron chi connectivity index (χ4n) is 1.99. The van der Waals surface area contributed by atoms with Gasteiger partial charge in [-0.1, -0.05) is 18.5 Å². The lowest BCUT2D eigenvalue weighted by Crippen LogP contribution is -2.22. The van der Waals surface area contributed by atoms with Crippen LogP contribution in [0.1, 0.15) is 35.8 Å². The van der Waals surface area contributed by atoms with Crippen LogP contribution in [0.25, 0.3) is 0 Å². The van der Waals surface area contributed by atoms with Gasteiger partial charge >= 0.3 is 0 Å². The van der Waals surface area contributed by atoms with E-state index in [1.807, 2.05) is 18.7 Å². The number of hydrogen-bond acceptors (Lipinski definition) is 4. The van der Waals surface area contributed by atoms with Crippen molar-refractivity contribution in [2.45, 2.75) is 32.9 Å². The van der Waals surface area contributed by atoms with Gasteiger partial charge in [0, 0.05) is 11.9 Å². The Morgan fingerprint density at radius 2 is 2.33 bits per heavy atom. The summed E-state index contributed by atoms with van der Waals surface area (Å²) in [5, 5.41) is 11.4. The number of thiazole rings is 1. The Morgan fingerprint density at radius 1 is 1.56 bits per heavy atom. The highest BCUT2D eigenvalue weighted by atomic mass is 35.5. The van der Waals surface area contributed by atoms with Gasteiger partial charge in [-0.05, 0) is 20.4 Å². The monoisotopic (exact) mass is 284 g/mol. The minimum Gasteiger partial charge on any atom is -0.307 e. The van der Waals surface area contributed by atoms with E-state index >= 15 is 0 Å². The zero-order valence-electron chi connectivity index (χ0n) is 10.8. The third-order valence-corrected chi connectivity index (χ3v) is 3.85. The number of aromatic nitrogens is 3. The van der Waals surface area contributed by atoms with Crippen molar-refractivity contribution >= 4 is 22.9 Å². The van der Waals surface area contributed by atoms with Gasteiger partial charge in [-0.15, -0.1) is 11.3 Å². The molecule has 4 nitrogen and oxygen atoms in total. The Kier molecular flexibility index (Phi) is 4.37. The molecule has 0 saturated heterocycles. The fraction of sp³-hybridized carbons (Fsp3) is 0.500. The molecule has 0 amide bonds. The molecule has 0 aliphatic heterocycles. The average Bonchev–Trinajstić information content (AvgIpc) is 2.91. The van der Waals surface area contributed by atoms with E-state index in [0.717, 1.165) is 29.4 Å². The molecule has 1 atom stereocenters. The maximum atomic E-state index is 6.26. The molecule has 0 spiro atoms. The highest BCUT2D eigenvalue weighted by Crippen LogP contribution is 2.28. The first-order valence-corrected chi connectivity index (χ1v) is 7.23. The van der Waals surface area contributed by atoms with Crippen molar-refractivity contribution in [2.75, 3.05) is 7.05 Å². The predicted octanol–water partition coefficient (Wildman–Crippen LogP) is 3.02. The summed E-state index contributed by atoms with van der Waals surface area (Å²) in [6.07, 6.45) is 2.73. The molecule has 98 valence electrons. The third-order valence-electron chi connectivity index (χ3n) is 2.76. The largest absolute Gasteiger partial charge is 0.307 e. The van der Waals surface area contributed by atoms with E-state index in [2.05, 4.69) is 27.7 Å². The Hall–Kier alpha value is -0.910. The van der Waals surface area contributed by atoms with Crippen LogP contribution >= 0.6 is 22.9 Å². The molecule has 18 heavy (non-hydrogen) atoms. The van der Waals surface area contributed by atoms with Gasteiger partial charge < -0.3 is 5.32 Å². The number of halogens is 1. The lowest BCUT2D eigenvalue weighted by Gasteiger charge is -2.16. The summed E-state index contributed by atoms with van der Waals surface area (Å²) in [5.41, 5.74) is 1.99. The molecule has 0 saturated carbocycles. The Bertz CT molecular complexity index is 520. The van der Waals surface area contributed by atoms with Gasteiger partial charge in [0.05, 0.1) is 33.7 Å². The number of rotatable bonds is 5. The molecular weight excluding hydrogens is 268 g/mol. The molecule has 1 unspecified atom stereocenters. The van der Waals surface area contributed by atoms with E-state index in [-0.39, 0.29) is 6.04 Å². The molecule has 2 heterocycles. The number of nitrogens with one attached hydrogen (secondary N) is 1. The minimum absolute atomic E-state index is 0.00324. The topological polar surface area (TPSA) is 42.7 Å². The van der Waals surface area contributed by atoms with Crippen LogP contribution < -0.4 is 5.32 Å². The van der Waals surface area contributed by atoms with Crippen LogP contribution in [-0.2, 0) is 6.54 Å². The fourth-order valence-corrected chi connectivity index (χ4v) is 2.87. The third kappa shape index (κ3) is 2.58. The van der Waals surface area contributed by atoms with E-state index in [1.165, 1.54) is 0 Å². The molecule has 0 radical (unpaired) electrons. The Morgan fingerprint density at radius 3 is 2.89 bits per heavy atom. The second-order valence-corrected chi connectivity index (χ2v) is 5.58. The van der Waals surface area contributed by atoms with Crippen LogP contribution in [0.15, 0.2) is 11.6 Å². The molecule has 2 rings (SSSR count). The molecule has 2 aromatic heterocycles. The minimum atomic E-state index is -0.00324. The summed E-state index contributed by atoms with van der Waals surface area (Å²) in [7, 11) is 1.92. The van der Waals surface area contributed by atoms with Crippen LogP contribution in [-0.4, -0.2) is 21.8 Å². The summed E-state index contributed by atoms with van der Waals surface area (Å²) in [5.74, 6) is 0. The molecule has 0 bridgehead atoms. The molecular formula is C12H17ClN4S. The van der Waals surface area contributed by atoms with E-state index in [0.29, 0.717) is 5.02 Å². The molecule has 0 aliphatic carbocycles. The normalized spacial score (nSPS) is 12.9. The Labute approximate surface area is 116 Å². The van der Waals surface area contributed by atoms with Gasteiger partial charge in [-0.25, -0.2) is 4.98 Å². The van der Waals surface area contributed by atoms with Crippen LogP contribution in [0.3, 0.4) is 0 Å². The van der Waals surface area contributed by atoms with Gasteiger partial charge in [-0.3, -0.25) is 4.68 Å². The first-order chi connectivity index (χ1) is 8.67. The zero-order chi connectivity index (χ0) is 13.1. The van der Waals surface area contributed by atoms with E-state index < -0.39 is 0 Å². The lowest BCUT2D eigenvalue weighted by molar-refractivity contribution is 0.530. The maximum Gasteiger partial charge on any atom is 0.0943 e. The molecule has 0 fully saturated rings. The molecule has 1 N–H and O–H groups in total. The van der Waals surface area contributed by atoms with Crippen molar-refractivity contribution in [1.29, 1.82) is 0 Å². The highest BCUT2D eigenvalue weighted by Gasteiger charge is 2.22. The van der Waals surface area contributed by atoms with Crippen LogP contribution in [0.4, 0.5) is 0 Å². The van der Waals surface area contributed by atoms with Crippen molar-refractivity contribution < 1.29 is 0 Å². The summed E-state index contributed by atoms with van der Waals surface area (Å²) < 4.78 is 1.96. The summed E-state index contributed by atoms with van der Waals surface area (Å²) in [4.78, 5) is 4.54. The van der Waals surface area contributed by atoms with Crippen molar-refractivity contribution in [1.82, 2.24) is 20.1 Å². The lowest BCUT2D eigenvalue weighted by atomic mass is 10.1. The van der Waals surface area contributed by atoms with Crippen LogP contribution in [0.5, 0.6) is 0 Å². The zero-order valence-corrected chi connectivity index (χ0v) is 12.3. The molecule has 0 aliphatic rings. The Balaban J connectivity index is 2.41. The average molecular weight is 285 g/mol. The van der Waals surface area contributed by atoms with Gasteiger partial charge in [-0.2, -0.15) is 5.10 Å². The van der Waals surface area contributed by atoms with Gasteiger partial charge in [0.1, 0.15) is 0 Å². The molecule has 6 heteroatoms. The van der Waals surface area contributed by atoms with E-state index in [4.69, 9.17) is 11.6 Å². The number of aryl methyl sites for hydroxylation is 2. The SMILES string of the molecule is CCCn1ncc(Cl)c1C(NC)c1csc(C)n1. The second kappa shape index (κ2) is 5.82. The van der Waals surface area contributed by atoms with Gasteiger partial charge in [0.15, 0.2) is 0 Å². The van der Waals surface area contributed by atoms with Crippen LogP contribution in [0, 0.1) is 6.92 Å². The smallest absolute Gasteiger partial charge is 0.0943 e. The summed E-state index contributed by atoms with van der Waals surface area (Å²) in [6, 6.07) is -0.00324. The van der Waals surface area contributed by atoms with E-state index in [1.54, 1.807) is 17.5 Å². The van der Waals surface area contributed by atoms with Crippen molar-refractivity contribution in [3.8, 4) is 0 Å². The quantitative estimate of drug-likeness (QED) is 0.918. The van der Waals surface area contributed by atoms with Gasteiger partial charge in [0.2, 0.25) is 0 Å². The van der Waals surface area contributed by atoms with Crippen molar-refractivity contribution in [2.24, 2.45) is 0 Å². The number of nitrogens with zero attached hydrogens (tertiary/aromatic N) is 3.